The molecule has 0 radical (unpaired) electrons. The predicted molar refractivity (Wildman–Crippen MR) is 159 cm³/mol. The third-order valence-electron chi connectivity index (χ3n) is 6.16. The van der Waals surface area contributed by atoms with Crippen molar-refractivity contribution in [3.05, 3.63) is 137 Å². The first-order valence-corrected chi connectivity index (χ1v) is 14.0. The molecular weight excluding hydrogens is 526 g/mol. The minimum absolute atomic E-state index is 0.338. The van der Waals surface area contributed by atoms with Gasteiger partial charge in [-0.05, 0) is 54.4 Å². The fourth-order valence-electron chi connectivity index (χ4n) is 4.17. The Morgan fingerprint density at radius 1 is 0.846 bits per heavy atom. The number of amides is 2. The largest absolute Gasteiger partial charge is 0.327 e. The summed E-state index contributed by atoms with van der Waals surface area (Å²) in [6.45, 7) is 2.06. The van der Waals surface area contributed by atoms with Crippen molar-refractivity contribution in [1.29, 1.82) is 0 Å². The Balaban J connectivity index is 1.49. The number of halogens is 1. The fraction of sp³-hybridized carbons (Fsp3) is 0.129. The molecular formula is C31H28ClN5OS. The molecule has 1 atom stereocenters. The SMILES string of the molecule is Cc1ccc(-n2c(SCc3ccccc3)nnc2C(Cc2ccccc2)NC(=O)Nc2ccc(Cl)cc2)cc1. The monoisotopic (exact) mass is 553 g/mol. The Kier molecular flexibility index (Phi) is 8.61. The number of anilines is 1. The van der Waals surface area contributed by atoms with Crippen LogP contribution < -0.4 is 10.6 Å². The van der Waals surface area contributed by atoms with E-state index < -0.39 is 6.04 Å². The molecule has 5 aromatic rings. The first-order chi connectivity index (χ1) is 19.0. The molecule has 0 bridgehead atoms. The molecule has 0 spiro atoms. The molecule has 1 heterocycles. The number of hydrogen-bond donors (Lipinski definition) is 2. The number of thioether (sulfide) groups is 1. The third-order valence-corrected chi connectivity index (χ3v) is 7.42. The number of carbonyl (C=O) groups is 1. The molecule has 2 N–H and O–H groups in total. The quantitative estimate of drug-likeness (QED) is 0.184. The molecule has 196 valence electrons. The first-order valence-electron chi connectivity index (χ1n) is 12.6. The second kappa shape index (κ2) is 12.7. The van der Waals surface area contributed by atoms with Crippen LogP contribution in [-0.2, 0) is 12.2 Å². The lowest BCUT2D eigenvalue weighted by molar-refractivity contribution is 0.247. The summed E-state index contributed by atoms with van der Waals surface area (Å²) >= 11 is 7.62. The molecule has 0 aliphatic heterocycles. The van der Waals surface area contributed by atoms with Crippen LogP contribution in [0.4, 0.5) is 10.5 Å². The van der Waals surface area contributed by atoms with Crippen molar-refractivity contribution in [2.45, 2.75) is 30.3 Å². The summed E-state index contributed by atoms with van der Waals surface area (Å²) in [5.74, 6) is 1.41. The van der Waals surface area contributed by atoms with Crippen molar-refractivity contribution in [2.24, 2.45) is 0 Å². The molecule has 8 heteroatoms. The van der Waals surface area contributed by atoms with Crippen LogP contribution in [0.3, 0.4) is 0 Å². The van der Waals surface area contributed by atoms with Gasteiger partial charge >= 0.3 is 6.03 Å². The number of nitrogens with one attached hydrogen (secondary N) is 2. The maximum atomic E-state index is 13.2. The minimum atomic E-state index is -0.445. The smallest absolute Gasteiger partial charge is 0.319 e. The Morgan fingerprint density at radius 2 is 1.49 bits per heavy atom. The average molecular weight is 554 g/mol. The van der Waals surface area contributed by atoms with Gasteiger partial charge in [-0.3, -0.25) is 4.57 Å². The number of benzene rings is 4. The maximum absolute atomic E-state index is 13.2. The van der Waals surface area contributed by atoms with Crippen molar-refractivity contribution in [3.63, 3.8) is 0 Å². The Labute approximate surface area is 237 Å². The van der Waals surface area contributed by atoms with E-state index in [0.29, 0.717) is 23.0 Å². The standard InChI is InChI=1S/C31H28ClN5OS/c1-22-12-18-27(19-13-22)37-29(35-36-31(37)39-21-24-10-6-3-7-11-24)28(20-23-8-4-2-5-9-23)34-30(38)33-26-16-14-25(32)15-17-26/h2-19,28H,20-21H2,1H3,(H2,33,34,38). The van der Waals surface area contributed by atoms with Gasteiger partial charge in [0, 0.05) is 28.6 Å². The summed E-state index contributed by atoms with van der Waals surface area (Å²) in [5, 5.41) is 16.6. The van der Waals surface area contributed by atoms with E-state index in [1.165, 1.54) is 5.56 Å². The fourth-order valence-corrected chi connectivity index (χ4v) is 5.22. The topological polar surface area (TPSA) is 71.8 Å². The Bertz CT molecular complexity index is 1510. The highest BCUT2D eigenvalue weighted by atomic mass is 35.5. The molecule has 5 rings (SSSR count). The zero-order valence-electron chi connectivity index (χ0n) is 21.4. The normalized spacial score (nSPS) is 11.6. The van der Waals surface area contributed by atoms with Crippen molar-refractivity contribution in [3.8, 4) is 5.69 Å². The van der Waals surface area contributed by atoms with Crippen LogP contribution in [0.2, 0.25) is 5.02 Å². The van der Waals surface area contributed by atoms with Gasteiger partial charge in [-0.1, -0.05) is 102 Å². The van der Waals surface area contributed by atoms with E-state index in [-0.39, 0.29) is 6.03 Å². The maximum Gasteiger partial charge on any atom is 0.319 e. The zero-order valence-corrected chi connectivity index (χ0v) is 23.0. The molecule has 0 aliphatic carbocycles. The third kappa shape index (κ3) is 7.07. The second-order valence-electron chi connectivity index (χ2n) is 9.13. The summed E-state index contributed by atoms with van der Waals surface area (Å²) in [4.78, 5) is 13.2. The van der Waals surface area contributed by atoms with Gasteiger partial charge in [0.1, 0.15) is 0 Å². The van der Waals surface area contributed by atoms with Gasteiger partial charge in [-0.15, -0.1) is 10.2 Å². The highest BCUT2D eigenvalue weighted by Crippen LogP contribution is 2.29. The molecule has 39 heavy (non-hydrogen) atoms. The van der Waals surface area contributed by atoms with Crippen molar-refractivity contribution >= 4 is 35.1 Å². The van der Waals surface area contributed by atoms with Crippen LogP contribution in [0.1, 0.15) is 28.6 Å². The number of carbonyl (C=O) groups excluding carboxylic acids is 1. The van der Waals surface area contributed by atoms with Crippen LogP contribution in [0.5, 0.6) is 0 Å². The molecule has 0 aliphatic rings. The molecule has 4 aromatic carbocycles. The summed E-state index contributed by atoms with van der Waals surface area (Å²) in [6.07, 6.45) is 0.544. The summed E-state index contributed by atoms with van der Waals surface area (Å²) in [5.41, 5.74) is 5.02. The van der Waals surface area contributed by atoms with Crippen LogP contribution in [0.15, 0.2) is 114 Å². The van der Waals surface area contributed by atoms with Crippen LogP contribution in [0.25, 0.3) is 5.69 Å². The second-order valence-corrected chi connectivity index (χ2v) is 10.5. The van der Waals surface area contributed by atoms with Crippen molar-refractivity contribution < 1.29 is 4.79 Å². The van der Waals surface area contributed by atoms with Gasteiger partial charge in [-0.25, -0.2) is 4.79 Å². The number of hydrogen-bond acceptors (Lipinski definition) is 4. The number of aryl methyl sites for hydroxylation is 1. The van der Waals surface area contributed by atoms with E-state index in [1.807, 2.05) is 53.1 Å². The highest BCUT2D eigenvalue weighted by molar-refractivity contribution is 7.98. The van der Waals surface area contributed by atoms with Gasteiger partial charge in [0.05, 0.1) is 6.04 Å². The van der Waals surface area contributed by atoms with Gasteiger partial charge in [0.2, 0.25) is 0 Å². The molecule has 1 unspecified atom stereocenters. The van der Waals surface area contributed by atoms with Gasteiger partial charge in [0.25, 0.3) is 0 Å². The average Bonchev–Trinajstić information content (AvgIpc) is 3.38. The lowest BCUT2D eigenvalue weighted by Gasteiger charge is -2.21. The summed E-state index contributed by atoms with van der Waals surface area (Å²) in [6, 6.07) is 34.8. The molecule has 6 nitrogen and oxygen atoms in total. The zero-order chi connectivity index (χ0) is 27.0. The van der Waals surface area contributed by atoms with E-state index in [2.05, 4.69) is 64.2 Å². The number of nitrogens with zero attached hydrogens (tertiary/aromatic N) is 3. The van der Waals surface area contributed by atoms with Gasteiger partial charge in [0.15, 0.2) is 11.0 Å². The molecule has 0 fully saturated rings. The van der Waals surface area contributed by atoms with Crippen LogP contribution in [-0.4, -0.2) is 20.8 Å². The number of aromatic nitrogens is 3. The molecule has 2 amide bonds. The van der Waals surface area contributed by atoms with E-state index >= 15 is 0 Å². The highest BCUT2D eigenvalue weighted by Gasteiger charge is 2.25. The van der Waals surface area contributed by atoms with Gasteiger partial charge in [-0.2, -0.15) is 0 Å². The summed E-state index contributed by atoms with van der Waals surface area (Å²) < 4.78 is 2.04. The molecule has 0 saturated heterocycles. The van der Waals surface area contributed by atoms with E-state index in [9.17, 15) is 4.79 Å². The van der Waals surface area contributed by atoms with E-state index in [1.54, 1.807) is 36.0 Å². The van der Waals surface area contributed by atoms with Crippen molar-refractivity contribution in [1.82, 2.24) is 20.1 Å². The van der Waals surface area contributed by atoms with E-state index in [4.69, 9.17) is 11.6 Å². The number of urea groups is 1. The van der Waals surface area contributed by atoms with Crippen LogP contribution in [0, 0.1) is 6.92 Å². The Morgan fingerprint density at radius 3 is 2.15 bits per heavy atom. The lowest BCUT2D eigenvalue weighted by Crippen LogP contribution is -2.35. The molecule has 1 aromatic heterocycles. The molecule has 0 saturated carbocycles. The van der Waals surface area contributed by atoms with Crippen molar-refractivity contribution in [2.75, 3.05) is 5.32 Å². The minimum Gasteiger partial charge on any atom is -0.327 e. The summed E-state index contributed by atoms with van der Waals surface area (Å²) in [7, 11) is 0. The van der Waals surface area contributed by atoms with E-state index in [0.717, 1.165) is 27.7 Å². The predicted octanol–water partition coefficient (Wildman–Crippen LogP) is 7.63. The van der Waals surface area contributed by atoms with Gasteiger partial charge < -0.3 is 10.6 Å². The van der Waals surface area contributed by atoms with Crippen LogP contribution >= 0.6 is 23.4 Å². The lowest BCUT2D eigenvalue weighted by atomic mass is 10.1. The first kappa shape index (κ1) is 26.5. The number of rotatable bonds is 9. The Hall–Kier alpha value is -4.07.